The number of hydrogen-bond acceptors (Lipinski definition) is 4. The highest BCUT2D eigenvalue weighted by molar-refractivity contribution is 9.10. The van der Waals surface area contributed by atoms with Crippen molar-refractivity contribution in [2.45, 2.75) is 43.7 Å². The third kappa shape index (κ3) is 1.88. The minimum atomic E-state index is -0.311. The van der Waals surface area contributed by atoms with Gasteiger partial charge in [0, 0.05) is 17.0 Å². The average molecular weight is 365 g/mol. The third-order valence-electron chi connectivity index (χ3n) is 5.88. The number of rotatable bonds is 1. The van der Waals surface area contributed by atoms with Crippen LogP contribution < -0.4 is 5.73 Å². The Morgan fingerprint density at radius 3 is 2.77 bits per heavy atom. The van der Waals surface area contributed by atoms with E-state index >= 15 is 0 Å². The second-order valence-corrected chi connectivity index (χ2v) is 7.71. The molecule has 1 fully saturated rings. The topological polar surface area (TPSA) is 56.8 Å². The van der Waals surface area contributed by atoms with Gasteiger partial charge in [0.05, 0.1) is 6.10 Å². The van der Waals surface area contributed by atoms with E-state index in [0.717, 1.165) is 36.6 Å². The minimum Gasteiger partial charge on any atom is -0.462 e. The molecular weight excluding hydrogens is 344 g/mol. The molecule has 2 spiro atoms. The van der Waals surface area contributed by atoms with Crippen LogP contribution in [0, 0.1) is 5.41 Å². The van der Waals surface area contributed by atoms with Crippen LogP contribution in [0.3, 0.4) is 0 Å². The first-order valence-electron chi connectivity index (χ1n) is 7.88. The Morgan fingerprint density at radius 1 is 1.36 bits per heavy atom. The Balaban J connectivity index is 1.81. The Kier molecular flexibility index (Phi) is 3.28. The Labute approximate surface area is 139 Å². The summed E-state index contributed by atoms with van der Waals surface area (Å²) in [5.41, 5.74) is 8.41. The lowest BCUT2D eigenvalue weighted by Crippen LogP contribution is -2.46. The maximum Gasteiger partial charge on any atom is 0.283 e. The fourth-order valence-corrected chi connectivity index (χ4v) is 5.06. The van der Waals surface area contributed by atoms with Crippen molar-refractivity contribution in [3.05, 3.63) is 33.8 Å². The van der Waals surface area contributed by atoms with E-state index in [1.165, 1.54) is 11.1 Å². The van der Waals surface area contributed by atoms with E-state index < -0.39 is 0 Å². The van der Waals surface area contributed by atoms with E-state index in [4.69, 9.17) is 20.2 Å². The molecule has 0 aromatic heterocycles. The van der Waals surface area contributed by atoms with Crippen LogP contribution in [0.1, 0.15) is 36.8 Å². The van der Waals surface area contributed by atoms with Crippen LogP contribution in [0.25, 0.3) is 0 Å². The quantitative estimate of drug-likeness (QED) is 0.832. The van der Waals surface area contributed by atoms with Gasteiger partial charge in [-0.2, -0.15) is 0 Å². The van der Waals surface area contributed by atoms with Gasteiger partial charge in [-0.1, -0.05) is 22.0 Å². The summed E-state index contributed by atoms with van der Waals surface area (Å²) in [5, 5.41) is 0. The van der Waals surface area contributed by atoms with Gasteiger partial charge >= 0.3 is 0 Å². The first-order valence-corrected chi connectivity index (χ1v) is 8.68. The predicted molar refractivity (Wildman–Crippen MR) is 88.8 cm³/mol. The molecule has 1 atom stereocenters. The highest BCUT2D eigenvalue weighted by atomic mass is 79.9. The lowest BCUT2D eigenvalue weighted by atomic mass is 9.62. The molecule has 2 N–H and O–H groups in total. The third-order valence-corrected chi connectivity index (χ3v) is 6.37. The molecule has 0 radical (unpaired) electrons. The van der Waals surface area contributed by atoms with E-state index in [2.05, 4.69) is 34.1 Å². The Bertz CT molecular complexity index is 638. The first kappa shape index (κ1) is 14.5. The lowest BCUT2D eigenvalue weighted by Gasteiger charge is -2.45. The second-order valence-electron chi connectivity index (χ2n) is 6.79. The largest absolute Gasteiger partial charge is 0.462 e. The highest BCUT2D eigenvalue weighted by Gasteiger charge is 2.61. The van der Waals surface area contributed by atoms with Crippen molar-refractivity contribution in [1.82, 2.24) is 0 Å². The zero-order valence-electron chi connectivity index (χ0n) is 12.8. The summed E-state index contributed by atoms with van der Waals surface area (Å²) in [6.07, 6.45) is 5.83. The average Bonchev–Trinajstić information content (AvgIpc) is 3.03. The lowest BCUT2D eigenvalue weighted by molar-refractivity contribution is -0.00984. The fourth-order valence-electron chi connectivity index (χ4n) is 4.69. The van der Waals surface area contributed by atoms with Crippen molar-refractivity contribution < 1.29 is 9.47 Å². The van der Waals surface area contributed by atoms with Gasteiger partial charge in [-0.25, -0.2) is 4.99 Å². The Hall–Kier alpha value is -1.07. The van der Waals surface area contributed by atoms with Crippen LogP contribution in [0.5, 0.6) is 0 Å². The van der Waals surface area contributed by atoms with Crippen molar-refractivity contribution in [3.63, 3.8) is 0 Å². The Morgan fingerprint density at radius 2 is 2.14 bits per heavy atom. The molecule has 0 bridgehead atoms. The highest BCUT2D eigenvalue weighted by Crippen LogP contribution is 2.61. The van der Waals surface area contributed by atoms with Crippen molar-refractivity contribution in [2.75, 3.05) is 13.7 Å². The van der Waals surface area contributed by atoms with Gasteiger partial charge in [0.1, 0.15) is 12.1 Å². The summed E-state index contributed by atoms with van der Waals surface area (Å²) in [4.78, 5) is 4.84. The van der Waals surface area contributed by atoms with Gasteiger partial charge in [0.15, 0.2) is 0 Å². The van der Waals surface area contributed by atoms with Crippen LogP contribution >= 0.6 is 15.9 Å². The molecule has 1 aliphatic heterocycles. The van der Waals surface area contributed by atoms with Gasteiger partial charge < -0.3 is 15.2 Å². The summed E-state index contributed by atoms with van der Waals surface area (Å²) >= 11 is 3.60. The van der Waals surface area contributed by atoms with Crippen LogP contribution in [-0.2, 0) is 21.4 Å². The number of methoxy groups -OCH3 is 1. The molecule has 118 valence electrons. The van der Waals surface area contributed by atoms with E-state index in [9.17, 15) is 0 Å². The normalized spacial score (nSPS) is 36.5. The second kappa shape index (κ2) is 4.96. The van der Waals surface area contributed by atoms with Gasteiger partial charge in [0.2, 0.25) is 0 Å². The number of nitrogens with two attached hydrogens (primary N) is 1. The van der Waals surface area contributed by atoms with Crippen molar-refractivity contribution in [1.29, 1.82) is 0 Å². The molecule has 4 nitrogen and oxygen atoms in total. The first-order chi connectivity index (χ1) is 10.6. The van der Waals surface area contributed by atoms with Gasteiger partial charge in [-0.15, -0.1) is 0 Å². The monoisotopic (exact) mass is 364 g/mol. The molecule has 2 aliphatic carbocycles. The maximum atomic E-state index is 5.92. The number of amidine groups is 1. The predicted octanol–water partition coefficient (Wildman–Crippen LogP) is 3.12. The van der Waals surface area contributed by atoms with Gasteiger partial charge in [-0.3, -0.25) is 0 Å². The number of benzene rings is 1. The molecule has 22 heavy (non-hydrogen) atoms. The summed E-state index contributed by atoms with van der Waals surface area (Å²) < 4.78 is 12.3. The van der Waals surface area contributed by atoms with Crippen LogP contribution in [0.15, 0.2) is 27.7 Å². The molecule has 0 unspecified atom stereocenters. The van der Waals surface area contributed by atoms with Crippen molar-refractivity contribution in [3.8, 4) is 0 Å². The number of nitrogens with zero attached hydrogens (tertiary/aromatic N) is 1. The molecule has 0 amide bonds. The van der Waals surface area contributed by atoms with E-state index in [-0.39, 0.29) is 11.0 Å². The van der Waals surface area contributed by atoms with Crippen LogP contribution in [0.4, 0.5) is 0 Å². The smallest absolute Gasteiger partial charge is 0.283 e. The minimum absolute atomic E-state index is 0.117. The van der Waals surface area contributed by atoms with Crippen molar-refractivity contribution >= 4 is 22.0 Å². The maximum absolute atomic E-state index is 5.92. The SMILES string of the molecule is CO[C@H]1CC[C@]2(CC1)Cc1ccc(Br)cc1[C@@]21COC(N)=N1. The molecule has 3 aliphatic rings. The molecule has 4 rings (SSSR count). The summed E-state index contributed by atoms with van der Waals surface area (Å²) in [5.74, 6) is 0. The van der Waals surface area contributed by atoms with E-state index in [1.54, 1.807) is 0 Å². The van der Waals surface area contributed by atoms with Crippen LogP contribution in [0.2, 0.25) is 0 Å². The molecule has 5 heteroatoms. The van der Waals surface area contributed by atoms with Gasteiger partial charge in [0.25, 0.3) is 6.02 Å². The number of fused-ring (bicyclic) bond motifs is 3. The zero-order chi connectivity index (χ0) is 15.4. The molecule has 0 saturated heterocycles. The summed E-state index contributed by atoms with van der Waals surface area (Å²) in [6.45, 7) is 0.569. The van der Waals surface area contributed by atoms with E-state index in [0.29, 0.717) is 18.7 Å². The fraction of sp³-hybridized carbons (Fsp3) is 0.588. The van der Waals surface area contributed by atoms with E-state index in [1.807, 2.05) is 7.11 Å². The number of aliphatic imine (C=N–C) groups is 1. The van der Waals surface area contributed by atoms with Crippen LogP contribution in [-0.4, -0.2) is 25.8 Å². The van der Waals surface area contributed by atoms with Crippen molar-refractivity contribution in [2.24, 2.45) is 16.1 Å². The molecule has 1 aromatic carbocycles. The molecule has 1 saturated carbocycles. The summed E-state index contributed by atoms with van der Waals surface area (Å²) in [6, 6.07) is 6.89. The summed E-state index contributed by atoms with van der Waals surface area (Å²) in [7, 11) is 1.81. The number of halogens is 1. The number of ether oxygens (including phenoxy) is 2. The number of hydrogen-bond donors (Lipinski definition) is 1. The molecule has 1 heterocycles. The standard InChI is InChI=1S/C17H21BrN2O2/c1-21-13-4-6-16(7-5-13)9-11-2-3-12(18)8-14(11)17(16)10-22-15(19)20-17/h2-3,8,13H,4-7,9-10H2,1H3,(H2,19,20)/t13-,16-,17-/m0/s1. The molecular formula is C17H21BrN2O2. The van der Waals surface area contributed by atoms with Gasteiger partial charge in [-0.05, 0) is 55.4 Å². The molecule has 1 aromatic rings. The zero-order valence-corrected chi connectivity index (χ0v) is 14.4.